The molecule has 0 aliphatic carbocycles. The van der Waals surface area contributed by atoms with Crippen LogP contribution < -0.4 is 0 Å². The van der Waals surface area contributed by atoms with E-state index in [0.29, 0.717) is 45.6 Å². The van der Waals surface area contributed by atoms with Gasteiger partial charge in [0.25, 0.3) is 6.47 Å². The largest absolute Gasteiger partial charge is 0.480 e. The second kappa shape index (κ2) is 16.3. The van der Waals surface area contributed by atoms with E-state index in [1.807, 2.05) is 4.90 Å². The molecular formula is C24H42N4O9. The first-order valence-electron chi connectivity index (χ1n) is 12.5. The van der Waals surface area contributed by atoms with Crippen molar-refractivity contribution in [3.05, 3.63) is 0 Å². The predicted octanol–water partition coefficient (Wildman–Crippen LogP) is -0.254. The molecule has 1 atom stereocenters. The average Bonchev–Trinajstić information content (AvgIpc) is 2.80. The number of Topliss-reactive ketones (excluding diaryl/α,β-unsaturated/α-hetero) is 1. The van der Waals surface area contributed by atoms with Crippen molar-refractivity contribution in [1.29, 1.82) is 0 Å². The van der Waals surface area contributed by atoms with Gasteiger partial charge in [0.2, 0.25) is 0 Å². The van der Waals surface area contributed by atoms with E-state index in [4.69, 9.17) is 4.74 Å². The molecule has 13 heteroatoms. The van der Waals surface area contributed by atoms with Crippen LogP contribution in [-0.4, -0.2) is 143 Å². The highest BCUT2D eigenvalue weighted by molar-refractivity contribution is 5.84. The van der Waals surface area contributed by atoms with Crippen molar-refractivity contribution in [2.45, 2.75) is 46.1 Å². The zero-order valence-electron chi connectivity index (χ0n) is 22.1. The van der Waals surface area contributed by atoms with Crippen LogP contribution in [0.25, 0.3) is 0 Å². The van der Waals surface area contributed by atoms with Gasteiger partial charge in [-0.05, 0) is 12.8 Å². The van der Waals surface area contributed by atoms with Crippen molar-refractivity contribution in [2.75, 3.05) is 72.2 Å². The Morgan fingerprint density at radius 3 is 1.78 bits per heavy atom. The lowest BCUT2D eigenvalue weighted by atomic mass is 9.87. The SMILES string of the molecule is CC(C)(C)C(=O)CCC(C(=O)O)N1CCCN(COC=O)CCN(CC(=O)O)CCN(CC(=O)O)CC1. The first-order chi connectivity index (χ1) is 17.3. The van der Waals surface area contributed by atoms with Crippen LogP contribution in [0, 0.1) is 5.41 Å². The van der Waals surface area contributed by atoms with Crippen LogP contribution in [0.3, 0.4) is 0 Å². The highest BCUT2D eigenvalue weighted by Crippen LogP contribution is 2.20. The maximum atomic E-state index is 12.5. The fourth-order valence-corrected chi connectivity index (χ4v) is 4.16. The summed E-state index contributed by atoms with van der Waals surface area (Å²) in [6, 6.07) is -0.925. The van der Waals surface area contributed by atoms with Gasteiger partial charge in [-0.2, -0.15) is 0 Å². The zero-order chi connectivity index (χ0) is 28.0. The summed E-state index contributed by atoms with van der Waals surface area (Å²) in [5.74, 6) is -3.13. The fraction of sp³-hybridized carbons (Fsp3) is 0.792. The minimum absolute atomic E-state index is 0.0119. The van der Waals surface area contributed by atoms with Crippen molar-refractivity contribution in [1.82, 2.24) is 19.6 Å². The molecule has 1 fully saturated rings. The molecule has 1 aliphatic rings. The number of aliphatic carboxylic acids is 3. The highest BCUT2D eigenvalue weighted by Gasteiger charge is 2.29. The second-order valence-corrected chi connectivity index (χ2v) is 10.3. The van der Waals surface area contributed by atoms with E-state index in [-0.39, 0.29) is 58.1 Å². The van der Waals surface area contributed by atoms with Crippen molar-refractivity contribution in [2.24, 2.45) is 5.41 Å². The summed E-state index contributed by atoms with van der Waals surface area (Å²) < 4.78 is 4.90. The molecule has 1 heterocycles. The molecular weight excluding hydrogens is 488 g/mol. The number of carboxylic acid groups (broad SMARTS) is 3. The van der Waals surface area contributed by atoms with Crippen molar-refractivity contribution in [3.8, 4) is 0 Å². The monoisotopic (exact) mass is 530 g/mol. The number of carbonyl (C=O) groups is 5. The number of ketones is 1. The lowest BCUT2D eigenvalue weighted by Crippen LogP contribution is -2.48. The van der Waals surface area contributed by atoms with Gasteiger partial charge in [-0.25, -0.2) is 0 Å². The first-order valence-corrected chi connectivity index (χ1v) is 12.5. The number of rotatable bonds is 12. The molecule has 212 valence electrons. The Bertz CT molecular complexity index is 772. The summed E-state index contributed by atoms with van der Waals surface area (Å²) in [4.78, 5) is 65.2. The molecule has 1 unspecified atom stereocenters. The van der Waals surface area contributed by atoms with E-state index in [1.54, 1.807) is 35.5 Å². The molecule has 1 rings (SSSR count). The minimum atomic E-state index is -1.05. The molecule has 3 N–H and O–H groups in total. The van der Waals surface area contributed by atoms with Gasteiger partial charge in [-0.1, -0.05) is 20.8 Å². The van der Waals surface area contributed by atoms with Gasteiger partial charge < -0.3 is 20.1 Å². The van der Waals surface area contributed by atoms with Crippen molar-refractivity contribution in [3.63, 3.8) is 0 Å². The normalized spacial score (nSPS) is 19.1. The number of nitrogens with zero attached hydrogens (tertiary/aromatic N) is 4. The maximum Gasteiger partial charge on any atom is 0.320 e. The summed E-state index contributed by atoms with van der Waals surface area (Å²) >= 11 is 0. The summed E-state index contributed by atoms with van der Waals surface area (Å²) in [5, 5.41) is 28.6. The predicted molar refractivity (Wildman–Crippen MR) is 133 cm³/mol. The molecule has 0 aromatic rings. The first kappa shape index (κ1) is 32.4. The van der Waals surface area contributed by atoms with Crippen LogP contribution in [0.2, 0.25) is 0 Å². The van der Waals surface area contributed by atoms with Gasteiger partial charge in [0.05, 0.1) is 13.1 Å². The third kappa shape index (κ3) is 13.5. The van der Waals surface area contributed by atoms with E-state index in [0.717, 1.165) is 0 Å². The zero-order valence-corrected chi connectivity index (χ0v) is 22.1. The number of hydrogen-bond donors (Lipinski definition) is 3. The summed E-state index contributed by atoms with van der Waals surface area (Å²) in [7, 11) is 0. The quantitative estimate of drug-likeness (QED) is 0.283. The third-order valence-electron chi connectivity index (χ3n) is 6.34. The minimum Gasteiger partial charge on any atom is -0.480 e. The highest BCUT2D eigenvalue weighted by atomic mass is 16.5. The van der Waals surface area contributed by atoms with Gasteiger partial charge in [-0.15, -0.1) is 0 Å². The Labute approximate surface area is 217 Å². The molecule has 0 bridgehead atoms. The molecule has 0 radical (unpaired) electrons. The fourth-order valence-electron chi connectivity index (χ4n) is 4.16. The van der Waals surface area contributed by atoms with Gasteiger partial charge in [0.1, 0.15) is 18.6 Å². The molecule has 0 spiro atoms. The topological polar surface area (TPSA) is 168 Å². The van der Waals surface area contributed by atoms with Crippen LogP contribution in [0.5, 0.6) is 0 Å². The van der Waals surface area contributed by atoms with E-state index in [2.05, 4.69) is 0 Å². The summed E-state index contributed by atoms with van der Waals surface area (Å²) in [5.41, 5.74) is -0.581. The molecule has 0 aromatic carbocycles. The van der Waals surface area contributed by atoms with E-state index in [9.17, 15) is 39.3 Å². The van der Waals surface area contributed by atoms with E-state index in [1.165, 1.54) is 0 Å². The van der Waals surface area contributed by atoms with E-state index < -0.39 is 29.4 Å². The molecule has 1 aliphatic heterocycles. The standard InChI is InChI=1S/C24H42N4O9/c1-24(2,3)20(30)6-5-19(23(35)36)28-8-4-7-27(17-37-18-29)12-11-25(15-21(31)32)9-10-26(13-14-28)16-22(33)34/h18-19H,4-17H2,1-3H3,(H,31,32)(H,33,34)(H,35,36). The second-order valence-electron chi connectivity index (χ2n) is 10.3. The third-order valence-corrected chi connectivity index (χ3v) is 6.34. The van der Waals surface area contributed by atoms with Crippen LogP contribution >= 0.6 is 0 Å². The Kier molecular flexibility index (Phi) is 14.3. The number of ether oxygens (including phenoxy) is 1. The molecule has 0 aromatic heterocycles. The van der Waals surface area contributed by atoms with Crippen LogP contribution in [-0.2, 0) is 28.7 Å². The Morgan fingerprint density at radius 2 is 1.32 bits per heavy atom. The summed E-state index contributed by atoms with van der Waals surface area (Å²) in [6.45, 7) is 7.93. The van der Waals surface area contributed by atoms with Gasteiger partial charge >= 0.3 is 17.9 Å². The lowest BCUT2D eigenvalue weighted by molar-refractivity contribution is -0.145. The Hall–Kier alpha value is -2.61. The lowest BCUT2D eigenvalue weighted by Gasteiger charge is -2.32. The maximum absolute atomic E-state index is 12.5. The number of hydrogen-bond acceptors (Lipinski definition) is 10. The van der Waals surface area contributed by atoms with Gasteiger partial charge in [0, 0.05) is 64.2 Å². The van der Waals surface area contributed by atoms with Crippen molar-refractivity contribution < 1.29 is 44.0 Å². The molecule has 0 saturated carbocycles. The van der Waals surface area contributed by atoms with E-state index >= 15 is 0 Å². The van der Waals surface area contributed by atoms with Crippen LogP contribution in [0.4, 0.5) is 0 Å². The van der Waals surface area contributed by atoms with Crippen LogP contribution in [0.1, 0.15) is 40.0 Å². The molecule has 1 saturated heterocycles. The van der Waals surface area contributed by atoms with Gasteiger partial charge in [-0.3, -0.25) is 43.6 Å². The van der Waals surface area contributed by atoms with Gasteiger partial charge in [0.15, 0.2) is 0 Å². The smallest absolute Gasteiger partial charge is 0.320 e. The Balaban J connectivity index is 3.13. The Morgan fingerprint density at radius 1 is 0.811 bits per heavy atom. The van der Waals surface area contributed by atoms with Crippen molar-refractivity contribution >= 4 is 30.2 Å². The summed E-state index contributed by atoms with van der Waals surface area (Å²) in [6.07, 6.45) is 0.769. The molecule has 37 heavy (non-hydrogen) atoms. The number of carbonyl (C=O) groups excluding carboxylic acids is 2. The molecule has 13 nitrogen and oxygen atoms in total. The van der Waals surface area contributed by atoms with Crippen LogP contribution in [0.15, 0.2) is 0 Å². The number of carboxylic acids is 3. The molecule has 0 amide bonds. The average molecular weight is 531 g/mol.